The molecule has 1 N–H and O–H groups in total. The van der Waals surface area contributed by atoms with E-state index in [9.17, 15) is 0 Å². The number of hydrogen-bond donors (Lipinski definition) is 1. The number of aryl methyl sites for hydroxylation is 1. The lowest BCUT2D eigenvalue weighted by molar-refractivity contribution is 0.453. The largest absolute Gasteiger partial charge is 0.469 e. The van der Waals surface area contributed by atoms with Gasteiger partial charge in [0.05, 0.1) is 12.8 Å². The second kappa shape index (κ2) is 10.4. The van der Waals surface area contributed by atoms with Crippen LogP contribution >= 0.6 is 24.0 Å². The Labute approximate surface area is 162 Å². The molecule has 0 radical (unpaired) electrons. The van der Waals surface area contributed by atoms with Crippen molar-refractivity contribution in [3.8, 4) is 0 Å². The molecule has 0 aliphatic heterocycles. The quantitative estimate of drug-likeness (QED) is 0.404. The first-order chi connectivity index (χ1) is 11.1. The van der Waals surface area contributed by atoms with Crippen LogP contribution in [0.1, 0.15) is 25.3 Å². The molecule has 0 unspecified atom stereocenters. The number of nitrogens with zero attached hydrogens (tertiary/aromatic N) is 3. The van der Waals surface area contributed by atoms with Crippen molar-refractivity contribution in [2.24, 2.45) is 18.0 Å². The number of furan rings is 1. The van der Waals surface area contributed by atoms with Crippen LogP contribution in [0.2, 0.25) is 0 Å². The Kier molecular flexibility index (Phi) is 8.95. The molecular formula is C18H29IN4O. The number of halogens is 1. The van der Waals surface area contributed by atoms with E-state index in [4.69, 9.17) is 9.41 Å². The van der Waals surface area contributed by atoms with Crippen molar-refractivity contribution in [2.75, 3.05) is 20.1 Å². The van der Waals surface area contributed by atoms with Gasteiger partial charge in [0.25, 0.3) is 0 Å². The molecule has 5 nitrogen and oxygen atoms in total. The highest BCUT2D eigenvalue weighted by Gasteiger charge is 2.09. The predicted molar refractivity (Wildman–Crippen MR) is 110 cm³/mol. The summed E-state index contributed by atoms with van der Waals surface area (Å²) >= 11 is 0. The summed E-state index contributed by atoms with van der Waals surface area (Å²) in [5.41, 5.74) is 1.26. The maximum atomic E-state index is 5.38. The number of rotatable bonds is 7. The van der Waals surface area contributed by atoms with Crippen molar-refractivity contribution >= 4 is 29.9 Å². The van der Waals surface area contributed by atoms with Crippen molar-refractivity contribution in [3.05, 3.63) is 48.2 Å². The molecular weight excluding hydrogens is 415 g/mol. The zero-order valence-electron chi connectivity index (χ0n) is 15.0. The maximum Gasteiger partial charge on any atom is 0.194 e. The Bertz CT molecular complexity index is 604. The molecule has 0 saturated carbocycles. The molecule has 0 atom stereocenters. The Hall–Kier alpha value is -1.44. The highest BCUT2D eigenvalue weighted by Crippen LogP contribution is 2.05. The first-order valence-corrected chi connectivity index (χ1v) is 8.18. The average Bonchev–Trinajstić information content (AvgIpc) is 3.15. The fourth-order valence-corrected chi connectivity index (χ4v) is 2.31. The lowest BCUT2D eigenvalue weighted by Crippen LogP contribution is -2.40. The molecule has 0 aliphatic carbocycles. The molecule has 2 rings (SSSR count). The van der Waals surface area contributed by atoms with Crippen molar-refractivity contribution in [3.63, 3.8) is 0 Å². The molecule has 0 fully saturated rings. The molecule has 0 aromatic carbocycles. The maximum absolute atomic E-state index is 5.38. The summed E-state index contributed by atoms with van der Waals surface area (Å²) in [4.78, 5) is 6.91. The van der Waals surface area contributed by atoms with E-state index in [0.29, 0.717) is 5.92 Å². The first-order valence-electron chi connectivity index (χ1n) is 8.18. The van der Waals surface area contributed by atoms with E-state index in [0.717, 1.165) is 37.8 Å². The Morgan fingerprint density at radius 2 is 2.12 bits per heavy atom. The van der Waals surface area contributed by atoms with Gasteiger partial charge in [0.2, 0.25) is 0 Å². The Balaban J connectivity index is 0.00000288. The normalized spacial score (nSPS) is 11.5. The van der Waals surface area contributed by atoms with Gasteiger partial charge in [-0.3, -0.25) is 4.99 Å². The number of nitrogens with one attached hydrogen (secondary N) is 1. The Morgan fingerprint density at radius 1 is 1.33 bits per heavy atom. The number of hydrogen-bond acceptors (Lipinski definition) is 2. The second-order valence-corrected chi connectivity index (χ2v) is 6.28. The van der Waals surface area contributed by atoms with Gasteiger partial charge < -0.3 is 19.2 Å². The highest BCUT2D eigenvalue weighted by molar-refractivity contribution is 14.0. The van der Waals surface area contributed by atoms with Crippen LogP contribution in [0.4, 0.5) is 0 Å². The molecule has 0 bridgehead atoms. The standard InChI is InChI=1S/C18H28N4O.HI/c1-15(2)13-20-18(19-10-9-17-8-6-12-23-17)22(4)14-16-7-5-11-21(16)3;/h5-8,11-12,15H,9-10,13-14H2,1-4H3,(H,19,20);1H. The molecule has 0 spiro atoms. The summed E-state index contributed by atoms with van der Waals surface area (Å²) in [7, 11) is 4.14. The van der Waals surface area contributed by atoms with Gasteiger partial charge in [-0.2, -0.15) is 0 Å². The summed E-state index contributed by atoms with van der Waals surface area (Å²) in [5.74, 6) is 2.47. The minimum Gasteiger partial charge on any atom is -0.469 e. The molecule has 0 saturated heterocycles. The van der Waals surface area contributed by atoms with Crippen LogP contribution in [0.15, 0.2) is 46.1 Å². The van der Waals surface area contributed by atoms with Crippen LogP contribution in [0.25, 0.3) is 0 Å². The summed E-state index contributed by atoms with van der Waals surface area (Å²) in [6.07, 6.45) is 4.63. The topological polar surface area (TPSA) is 45.7 Å². The van der Waals surface area contributed by atoms with Crippen molar-refractivity contribution in [1.29, 1.82) is 0 Å². The van der Waals surface area contributed by atoms with Crippen molar-refractivity contribution in [2.45, 2.75) is 26.8 Å². The zero-order valence-corrected chi connectivity index (χ0v) is 17.4. The summed E-state index contributed by atoms with van der Waals surface area (Å²) in [5, 5.41) is 3.45. The second-order valence-electron chi connectivity index (χ2n) is 6.28. The number of guanidine groups is 1. The van der Waals surface area contributed by atoms with Crippen molar-refractivity contribution in [1.82, 2.24) is 14.8 Å². The van der Waals surface area contributed by atoms with Gasteiger partial charge in [0.15, 0.2) is 5.96 Å². The minimum absolute atomic E-state index is 0. The summed E-state index contributed by atoms with van der Waals surface area (Å²) in [6.45, 7) is 6.82. The highest BCUT2D eigenvalue weighted by atomic mass is 127. The minimum atomic E-state index is 0. The van der Waals surface area contributed by atoms with Crippen LogP contribution in [0.3, 0.4) is 0 Å². The molecule has 0 aliphatic rings. The average molecular weight is 444 g/mol. The predicted octanol–water partition coefficient (Wildman–Crippen LogP) is 3.51. The van der Waals surface area contributed by atoms with Crippen LogP contribution < -0.4 is 5.32 Å². The summed E-state index contributed by atoms with van der Waals surface area (Å²) < 4.78 is 7.52. The zero-order chi connectivity index (χ0) is 16.7. The van der Waals surface area contributed by atoms with Gasteiger partial charge in [-0.05, 0) is 30.2 Å². The fraction of sp³-hybridized carbons (Fsp3) is 0.500. The van der Waals surface area contributed by atoms with Gasteiger partial charge in [-0.15, -0.1) is 24.0 Å². The van der Waals surface area contributed by atoms with Crippen LogP contribution in [-0.2, 0) is 20.0 Å². The SMILES string of the molecule is CC(C)CN=C(NCCc1ccco1)N(C)Cc1cccn1C.I. The van der Waals surface area contributed by atoms with Gasteiger partial charge in [0.1, 0.15) is 5.76 Å². The van der Waals surface area contributed by atoms with Gasteiger partial charge in [0, 0.05) is 45.5 Å². The van der Waals surface area contributed by atoms with E-state index in [1.807, 2.05) is 12.1 Å². The van der Waals surface area contributed by atoms with Gasteiger partial charge in [-0.25, -0.2) is 0 Å². The number of aliphatic imine (C=N–C) groups is 1. The first kappa shape index (κ1) is 20.6. The Morgan fingerprint density at radius 3 is 2.71 bits per heavy atom. The third-order valence-electron chi connectivity index (χ3n) is 3.65. The number of aromatic nitrogens is 1. The lowest BCUT2D eigenvalue weighted by Gasteiger charge is -2.23. The third-order valence-corrected chi connectivity index (χ3v) is 3.65. The molecule has 2 aromatic rings. The van der Waals surface area contributed by atoms with E-state index in [1.165, 1.54) is 5.69 Å². The molecule has 24 heavy (non-hydrogen) atoms. The van der Waals surface area contributed by atoms with E-state index in [2.05, 4.69) is 61.1 Å². The monoisotopic (exact) mass is 444 g/mol. The molecule has 2 heterocycles. The lowest BCUT2D eigenvalue weighted by atomic mass is 10.2. The summed E-state index contributed by atoms with van der Waals surface area (Å²) in [6, 6.07) is 8.13. The van der Waals surface area contributed by atoms with Crippen LogP contribution in [0.5, 0.6) is 0 Å². The molecule has 6 heteroatoms. The van der Waals surface area contributed by atoms with Crippen LogP contribution in [0, 0.1) is 5.92 Å². The fourth-order valence-electron chi connectivity index (χ4n) is 2.31. The van der Waals surface area contributed by atoms with Gasteiger partial charge in [-0.1, -0.05) is 13.8 Å². The van der Waals surface area contributed by atoms with E-state index in [1.54, 1.807) is 6.26 Å². The van der Waals surface area contributed by atoms with E-state index < -0.39 is 0 Å². The van der Waals surface area contributed by atoms with Gasteiger partial charge >= 0.3 is 0 Å². The van der Waals surface area contributed by atoms with E-state index in [-0.39, 0.29) is 24.0 Å². The molecule has 0 amide bonds. The molecule has 134 valence electrons. The molecule has 2 aromatic heterocycles. The van der Waals surface area contributed by atoms with Crippen LogP contribution in [-0.4, -0.2) is 35.6 Å². The van der Waals surface area contributed by atoms with Crippen molar-refractivity contribution < 1.29 is 4.42 Å². The smallest absolute Gasteiger partial charge is 0.194 e. The van der Waals surface area contributed by atoms with E-state index >= 15 is 0 Å². The third kappa shape index (κ3) is 6.59.